The summed E-state index contributed by atoms with van der Waals surface area (Å²) in [5.41, 5.74) is 2.88. The number of anilines is 2. The first-order valence-electron chi connectivity index (χ1n) is 8.41. The summed E-state index contributed by atoms with van der Waals surface area (Å²) in [6.45, 7) is 6.72. The standard InChI is InChI=1S/C22H20FNS/c1-22(2,3)16-10-6-8-14-15-9-7-13-19(21(15)25-20(14)16)24-18-12-5-4-11-17(18)23/h4-13,24H,1-3H3. The minimum atomic E-state index is -0.240. The number of thiophene rings is 1. The normalized spacial score (nSPS) is 12.0. The van der Waals surface area contributed by atoms with Crippen molar-refractivity contribution in [1.82, 2.24) is 0 Å². The van der Waals surface area contributed by atoms with Gasteiger partial charge in [0.1, 0.15) is 5.82 Å². The van der Waals surface area contributed by atoms with Gasteiger partial charge in [-0.2, -0.15) is 0 Å². The molecule has 1 nitrogen and oxygen atoms in total. The zero-order valence-electron chi connectivity index (χ0n) is 14.6. The Labute approximate surface area is 151 Å². The highest BCUT2D eigenvalue weighted by atomic mass is 32.1. The van der Waals surface area contributed by atoms with Gasteiger partial charge in [0, 0.05) is 15.5 Å². The molecule has 0 saturated heterocycles. The van der Waals surface area contributed by atoms with Gasteiger partial charge in [-0.25, -0.2) is 4.39 Å². The molecule has 1 N–H and O–H groups in total. The van der Waals surface area contributed by atoms with Crippen molar-refractivity contribution in [1.29, 1.82) is 0 Å². The summed E-state index contributed by atoms with van der Waals surface area (Å²) in [5, 5.41) is 5.75. The second-order valence-electron chi connectivity index (χ2n) is 7.32. The Balaban J connectivity index is 1.94. The topological polar surface area (TPSA) is 12.0 Å². The third-order valence-electron chi connectivity index (χ3n) is 4.48. The van der Waals surface area contributed by atoms with Crippen molar-refractivity contribution >= 4 is 42.9 Å². The minimum absolute atomic E-state index is 0.0829. The fourth-order valence-electron chi connectivity index (χ4n) is 3.22. The van der Waals surface area contributed by atoms with Crippen LogP contribution in [0.3, 0.4) is 0 Å². The van der Waals surface area contributed by atoms with E-state index in [2.05, 4.69) is 50.4 Å². The molecule has 0 amide bonds. The largest absolute Gasteiger partial charge is 0.352 e. The second-order valence-corrected chi connectivity index (χ2v) is 8.34. The minimum Gasteiger partial charge on any atom is -0.352 e. The molecule has 4 aromatic rings. The van der Waals surface area contributed by atoms with Crippen LogP contribution in [0.5, 0.6) is 0 Å². The summed E-state index contributed by atoms with van der Waals surface area (Å²) in [5.74, 6) is -0.240. The van der Waals surface area contributed by atoms with Gasteiger partial charge >= 0.3 is 0 Å². The van der Waals surface area contributed by atoms with Crippen molar-refractivity contribution in [3.8, 4) is 0 Å². The molecule has 0 radical (unpaired) electrons. The number of para-hydroxylation sites is 1. The molecule has 0 saturated carbocycles. The van der Waals surface area contributed by atoms with Gasteiger partial charge in [0.05, 0.1) is 16.1 Å². The van der Waals surface area contributed by atoms with Crippen molar-refractivity contribution in [2.45, 2.75) is 26.2 Å². The summed E-state index contributed by atoms with van der Waals surface area (Å²) in [6.07, 6.45) is 0. The highest BCUT2D eigenvalue weighted by molar-refractivity contribution is 7.26. The van der Waals surface area contributed by atoms with E-state index in [9.17, 15) is 4.39 Å². The fraction of sp³-hybridized carbons (Fsp3) is 0.182. The van der Waals surface area contributed by atoms with E-state index in [-0.39, 0.29) is 11.2 Å². The molecule has 3 heteroatoms. The van der Waals surface area contributed by atoms with E-state index in [0.29, 0.717) is 5.69 Å². The molecule has 126 valence electrons. The average Bonchev–Trinajstić information content (AvgIpc) is 2.96. The van der Waals surface area contributed by atoms with E-state index in [1.54, 1.807) is 23.5 Å². The Morgan fingerprint density at radius 3 is 2.12 bits per heavy atom. The van der Waals surface area contributed by atoms with Gasteiger partial charge in [0.2, 0.25) is 0 Å². The monoisotopic (exact) mass is 349 g/mol. The van der Waals surface area contributed by atoms with Gasteiger partial charge in [-0.3, -0.25) is 0 Å². The van der Waals surface area contributed by atoms with Crippen molar-refractivity contribution in [2.24, 2.45) is 0 Å². The Hall–Kier alpha value is -2.39. The van der Waals surface area contributed by atoms with Crippen molar-refractivity contribution < 1.29 is 4.39 Å². The maximum Gasteiger partial charge on any atom is 0.146 e. The molecule has 3 aromatic carbocycles. The maximum atomic E-state index is 14.0. The Morgan fingerprint density at radius 2 is 1.40 bits per heavy atom. The van der Waals surface area contributed by atoms with Crippen LogP contribution in [-0.4, -0.2) is 0 Å². The molecule has 0 spiro atoms. The Kier molecular flexibility index (Phi) is 3.77. The zero-order valence-corrected chi connectivity index (χ0v) is 15.4. The predicted molar refractivity (Wildman–Crippen MR) is 108 cm³/mol. The van der Waals surface area contributed by atoms with E-state index in [4.69, 9.17) is 0 Å². The molecule has 0 aliphatic heterocycles. The van der Waals surface area contributed by atoms with Crippen LogP contribution in [0.4, 0.5) is 15.8 Å². The number of benzene rings is 3. The highest BCUT2D eigenvalue weighted by Crippen LogP contribution is 2.43. The third kappa shape index (κ3) is 2.79. The molecular weight excluding hydrogens is 329 g/mol. The summed E-state index contributed by atoms with van der Waals surface area (Å²) in [7, 11) is 0. The lowest BCUT2D eigenvalue weighted by Gasteiger charge is -2.19. The molecule has 1 aromatic heterocycles. The van der Waals surface area contributed by atoms with Gasteiger partial charge in [-0.05, 0) is 29.2 Å². The van der Waals surface area contributed by atoms with Crippen LogP contribution in [0.25, 0.3) is 20.2 Å². The molecule has 0 unspecified atom stereocenters. The molecule has 0 fully saturated rings. The zero-order chi connectivity index (χ0) is 17.6. The fourth-order valence-corrected chi connectivity index (χ4v) is 4.71. The third-order valence-corrected chi connectivity index (χ3v) is 5.76. The SMILES string of the molecule is CC(C)(C)c1cccc2c1sc1c(Nc3ccccc3F)cccc12. The van der Waals surface area contributed by atoms with Crippen LogP contribution in [0.15, 0.2) is 60.7 Å². The van der Waals surface area contributed by atoms with Crippen molar-refractivity contribution in [3.05, 3.63) is 72.0 Å². The van der Waals surface area contributed by atoms with Crippen LogP contribution < -0.4 is 5.32 Å². The summed E-state index contributed by atoms with van der Waals surface area (Å²) < 4.78 is 16.5. The van der Waals surface area contributed by atoms with Crippen LogP contribution in [-0.2, 0) is 5.41 Å². The number of hydrogen-bond donors (Lipinski definition) is 1. The van der Waals surface area contributed by atoms with E-state index in [1.807, 2.05) is 18.2 Å². The Bertz CT molecular complexity index is 1070. The quantitative estimate of drug-likeness (QED) is 0.402. The van der Waals surface area contributed by atoms with Gasteiger partial charge in [-0.15, -0.1) is 11.3 Å². The van der Waals surface area contributed by atoms with Gasteiger partial charge < -0.3 is 5.32 Å². The van der Waals surface area contributed by atoms with Gasteiger partial charge in [0.15, 0.2) is 0 Å². The van der Waals surface area contributed by atoms with Crippen LogP contribution in [0, 0.1) is 5.82 Å². The number of hydrogen-bond acceptors (Lipinski definition) is 2. The molecule has 25 heavy (non-hydrogen) atoms. The first-order valence-corrected chi connectivity index (χ1v) is 9.23. The molecule has 1 heterocycles. The van der Waals surface area contributed by atoms with E-state index < -0.39 is 0 Å². The second kappa shape index (κ2) is 5.85. The molecular formula is C22H20FNS. The lowest BCUT2D eigenvalue weighted by atomic mass is 9.86. The van der Waals surface area contributed by atoms with Crippen molar-refractivity contribution in [3.63, 3.8) is 0 Å². The van der Waals surface area contributed by atoms with Gasteiger partial charge in [-0.1, -0.05) is 63.2 Å². The van der Waals surface area contributed by atoms with Crippen LogP contribution in [0.2, 0.25) is 0 Å². The van der Waals surface area contributed by atoms with E-state index >= 15 is 0 Å². The first-order chi connectivity index (χ1) is 11.9. The number of nitrogens with one attached hydrogen (secondary N) is 1. The molecule has 0 bridgehead atoms. The van der Waals surface area contributed by atoms with Crippen LogP contribution >= 0.6 is 11.3 Å². The van der Waals surface area contributed by atoms with E-state index in [1.165, 1.54) is 27.1 Å². The highest BCUT2D eigenvalue weighted by Gasteiger charge is 2.20. The number of fused-ring (bicyclic) bond motifs is 3. The summed E-state index contributed by atoms with van der Waals surface area (Å²) >= 11 is 1.78. The average molecular weight is 349 g/mol. The lowest BCUT2D eigenvalue weighted by molar-refractivity contribution is 0.597. The number of halogens is 1. The molecule has 4 rings (SSSR count). The maximum absolute atomic E-state index is 14.0. The lowest BCUT2D eigenvalue weighted by Crippen LogP contribution is -2.10. The molecule has 0 aliphatic rings. The van der Waals surface area contributed by atoms with Gasteiger partial charge in [0.25, 0.3) is 0 Å². The van der Waals surface area contributed by atoms with E-state index in [0.717, 1.165) is 10.4 Å². The summed E-state index contributed by atoms with van der Waals surface area (Å²) in [6, 6.07) is 19.5. The first kappa shape index (κ1) is 16.1. The molecule has 0 aliphatic carbocycles. The predicted octanol–water partition coefficient (Wildman–Crippen LogP) is 7.23. The summed E-state index contributed by atoms with van der Waals surface area (Å²) in [4.78, 5) is 0. The Morgan fingerprint density at radius 1 is 0.760 bits per heavy atom. The molecule has 0 atom stereocenters. The van der Waals surface area contributed by atoms with Crippen LogP contribution in [0.1, 0.15) is 26.3 Å². The van der Waals surface area contributed by atoms with Crippen molar-refractivity contribution in [2.75, 3.05) is 5.32 Å². The smallest absolute Gasteiger partial charge is 0.146 e. The number of rotatable bonds is 2.